The van der Waals surface area contributed by atoms with Gasteiger partial charge in [0.15, 0.2) is 5.82 Å². The minimum absolute atomic E-state index is 0.829. The van der Waals surface area contributed by atoms with Crippen LogP contribution in [0.4, 0.5) is 11.5 Å². The molecule has 1 aromatic carbocycles. The van der Waals surface area contributed by atoms with Gasteiger partial charge < -0.3 is 20.0 Å². The Balaban J connectivity index is 1.31. The second kappa shape index (κ2) is 14.1. The Morgan fingerprint density at radius 3 is 2.42 bits per heavy atom. The van der Waals surface area contributed by atoms with Gasteiger partial charge >= 0.3 is 0 Å². The number of anilines is 2. The Morgan fingerprint density at radius 2 is 1.70 bits per heavy atom. The average molecular weight is 542 g/mol. The lowest BCUT2D eigenvalue weighted by molar-refractivity contribution is 0.275. The van der Waals surface area contributed by atoms with E-state index in [-0.39, 0.29) is 0 Å². The predicted octanol–water partition coefficient (Wildman–Crippen LogP) is 4.84. The van der Waals surface area contributed by atoms with Gasteiger partial charge in [0.2, 0.25) is 0 Å². The van der Waals surface area contributed by atoms with E-state index in [9.17, 15) is 0 Å². The maximum atomic E-state index is 5.12. The van der Waals surface area contributed by atoms with Gasteiger partial charge in [-0.15, -0.1) is 0 Å². The van der Waals surface area contributed by atoms with E-state index in [1.807, 2.05) is 18.2 Å². The Morgan fingerprint density at radius 1 is 0.925 bits per heavy atom. The third-order valence-electron chi connectivity index (χ3n) is 8.53. The van der Waals surface area contributed by atoms with Crippen LogP contribution in [0.5, 0.6) is 0 Å². The number of fused-ring (bicyclic) bond motifs is 1. The number of nitrogens with one attached hydrogen (secondary N) is 1. The summed E-state index contributed by atoms with van der Waals surface area (Å²) in [6, 6.07) is 8.86. The summed E-state index contributed by atoms with van der Waals surface area (Å²) in [5, 5.41) is 3.73. The van der Waals surface area contributed by atoms with Gasteiger partial charge in [0, 0.05) is 75.6 Å². The molecule has 1 N–H and O–H groups in total. The molecule has 0 saturated carbocycles. The molecule has 7 nitrogen and oxygen atoms in total. The van der Waals surface area contributed by atoms with E-state index in [0.29, 0.717) is 0 Å². The van der Waals surface area contributed by atoms with Gasteiger partial charge in [0.25, 0.3) is 0 Å². The largest absolute Gasteiger partial charge is 0.370 e. The molecule has 0 bridgehead atoms. The number of benzene rings is 1. The smallest absolute Gasteiger partial charge is 0.161 e. The topological polar surface area (TPSA) is 50.8 Å². The number of likely N-dealkylation sites (tertiary alicyclic amines) is 1. The van der Waals surface area contributed by atoms with Crippen LogP contribution in [0, 0.1) is 0 Å². The lowest BCUT2D eigenvalue weighted by atomic mass is 10.0. The zero-order valence-corrected chi connectivity index (χ0v) is 24.5. The molecule has 1 aromatic heterocycles. The average Bonchev–Trinajstić information content (AvgIpc) is 3.51. The second-order valence-corrected chi connectivity index (χ2v) is 11.5. The highest BCUT2D eigenvalue weighted by molar-refractivity contribution is 5.63. The van der Waals surface area contributed by atoms with Crippen LogP contribution in [-0.2, 0) is 13.0 Å². The fourth-order valence-corrected chi connectivity index (χ4v) is 6.03. The summed E-state index contributed by atoms with van der Waals surface area (Å²) in [5.41, 5.74) is 5.98. The number of rotatable bonds is 12. The molecule has 0 aliphatic carbocycles. The summed E-state index contributed by atoms with van der Waals surface area (Å²) >= 11 is 0. The number of likely N-dealkylation sites (N-methyl/N-ethyl adjacent to an activating group) is 1. The highest BCUT2D eigenvalue weighted by Crippen LogP contribution is 2.29. The van der Waals surface area contributed by atoms with Gasteiger partial charge in [0.05, 0.1) is 5.69 Å². The molecule has 2 saturated heterocycles. The quantitative estimate of drug-likeness (QED) is 0.305. The van der Waals surface area contributed by atoms with Crippen molar-refractivity contribution in [2.24, 2.45) is 0 Å². The van der Waals surface area contributed by atoms with E-state index in [4.69, 9.17) is 9.97 Å². The molecular weight excluding hydrogens is 494 g/mol. The highest BCUT2D eigenvalue weighted by Gasteiger charge is 2.23. The zero-order valence-electron chi connectivity index (χ0n) is 24.5. The molecule has 2 fully saturated rings. The van der Waals surface area contributed by atoms with Gasteiger partial charge in [-0.05, 0) is 82.2 Å². The van der Waals surface area contributed by atoms with Crippen LogP contribution >= 0.6 is 0 Å². The van der Waals surface area contributed by atoms with Crippen molar-refractivity contribution in [2.75, 3.05) is 82.7 Å². The third-order valence-corrected chi connectivity index (χ3v) is 8.53. The Hall–Kier alpha value is -3.00. The molecule has 40 heavy (non-hydrogen) atoms. The molecule has 0 spiro atoms. The third kappa shape index (κ3) is 7.39. The molecular formula is C33H47N7. The van der Waals surface area contributed by atoms with E-state index < -0.39 is 0 Å². The Bertz CT molecular complexity index is 1160. The van der Waals surface area contributed by atoms with E-state index >= 15 is 0 Å². The summed E-state index contributed by atoms with van der Waals surface area (Å²) in [4.78, 5) is 20.2. The number of unbranched alkanes of at least 4 members (excludes halogenated alkanes) is 1. The van der Waals surface area contributed by atoms with Gasteiger partial charge in [-0.2, -0.15) is 0 Å². The maximum Gasteiger partial charge on any atom is 0.161 e. The van der Waals surface area contributed by atoms with E-state index in [1.165, 1.54) is 61.4 Å². The highest BCUT2D eigenvalue weighted by atomic mass is 15.2. The minimum Gasteiger partial charge on any atom is -0.370 e. The number of hydrogen-bond donors (Lipinski definition) is 1. The van der Waals surface area contributed by atoms with Crippen molar-refractivity contribution < 1.29 is 0 Å². The minimum atomic E-state index is 0.829. The number of allylic oxidation sites excluding steroid dienone is 2. The first kappa shape index (κ1) is 28.5. The van der Waals surface area contributed by atoms with Crippen LogP contribution in [0.25, 0.3) is 11.4 Å². The molecule has 7 heteroatoms. The fraction of sp³-hybridized carbons (Fsp3) is 0.515. The number of hydrogen-bond acceptors (Lipinski definition) is 7. The lowest BCUT2D eigenvalue weighted by Crippen LogP contribution is -2.44. The summed E-state index contributed by atoms with van der Waals surface area (Å²) in [6.45, 7) is 19.6. The van der Waals surface area contributed by atoms with E-state index in [1.54, 1.807) is 0 Å². The van der Waals surface area contributed by atoms with Crippen LogP contribution in [0.3, 0.4) is 0 Å². The van der Waals surface area contributed by atoms with Gasteiger partial charge in [0.1, 0.15) is 5.82 Å². The van der Waals surface area contributed by atoms with Crippen LogP contribution < -0.4 is 10.2 Å². The predicted molar refractivity (Wildman–Crippen MR) is 168 cm³/mol. The van der Waals surface area contributed by atoms with E-state index in [0.717, 1.165) is 82.4 Å². The molecule has 4 heterocycles. The molecule has 3 aliphatic rings. The van der Waals surface area contributed by atoms with Crippen molar-refractivity contribution in [3.8, 4) is 11.4 Å². The maximum absolute atomic E-state index is 5.12. The molecule has 0 atom stereocenters. The van der Waals surface area contributed by atoms with Gasteiger partial charge in [-0.1, -0.05) is 31.4 Å². The van der Waals surface area contributed by atoms with Gasteiger partial charge in [-0.3, -0.25) is 4.90 Å². The normalized spacial score (nSPS) is 19.0. The zero-order chi connectivity index (χ0) is 27.7. The standard InChI is InChI=1S/C33H47N7/c1-4-10-27(5-2)25-39-20-15-31-30(26-39)33(34-16-6-7-17-38-18-8-9-19-38)36-32(35-31)28-11-13-29(14-12-28)40-23-21-37(3)22-24-40/h4-5,10-14H,1-2,6-9,15-26H2,3H3,(H,34,35,36)/b27-10+. The van der Waals surface area contributed by atoms with Crippen molar-refractivity contribution in [3.05, 3.63) is 72.5 Å². The molecule has 0 radical (unpaired) electrons. The Labute approximate surface area is 241 Å². The summed E-state index contributed by atoms with van der Waals surface area (Å²) < 4.78 is 0. The van der Waals surface area contributed by atoms with Crippen molar-refractivity contribution >= 4 is 11.5 Å². The van der Waals surface area contributed by atoms with Crippen molar-refractivity contribution in [2.45, 2.75) is 38.6 Å². The number of piperazine rings is 1. The Kier molecular flexibility index (Phi) is 10.0. The summed E-state index contributed by atoms with van der Waals surface area (Å²) in [6.07, 6.45) is 11.8. The van der Waals surface area contributed by atoms with Crippen LogP contribution in [-0.4, -0.2) is 97.2 Å². The summed E-state index contributed by atoms with van der Waals surface area (Å²) in [5.74, 6) is 1.83. The van der Waals surface area contributed by atoms with Crippen molar-refractivity contribution in [1.29, 1.82) is 0 Å². The monoisotopic (exact) mass is 541 g/mol. The van der Waals surface area contributed by atoms with Gasteiger partial charge in [-0.25, -0.2) is 9.97 Å². The molecule has 0 amide bonds. The number of nitrogens with zero attached hydrogens (tertiary/aromatic N) is 6. The second-order valence-electron chi connectivity index (χ2n) is 11.5. The SMILES string of the molecule is C=C/C=C(\C=C)CN1CCc2nc(-c3ccc(N4CCN(C)CC4)cc3)nc(NCCCCN3CCCC3)c2C1. The molecule has 3 aliphatic heterocycles. The molecule has 0 unspecified atom stereocenters. The van der Waals surface area contributed by atoms with E-state index in [2.05, 4.69) is 69.4 Å². The summed E-state index contributed by atoms with van der Waals surface area (Å²) in [7, 11) is 2.20. The molecule has 214 valence electrons. The fourth-order valence-electron chi connectivity index (χ4n) is 6.03. The lowest BCUT2D eigenvalue weighted by Gasteiger charge is -2.34. The first-order valence-electron chi connectivity index (χ1n) is 15.2. The molecule has 5 rings (SSSR count). The molecule has 2 aromatic rings. The van der Waals surface area contributed by atoms with Crippen LogP contribution in [0.1, 0.15) is 36.9 Å². The van der Waals surface area contributed by atoms with Crippen LogP contribution in [0.15, 0.2) is 61.2 Å². The van der Waals surface area contributed by atoms with Crippen molar-refractivity contribution in [1.82, 2.24) is 24.7 Å². The van der Waals surface area contributed by atoms with Crippen LogP contribution in [0.2, 0.25) is 0 Å². The first-order valence-corrected chi connectivity index (χ1v) is 15.2. The van der Waals surface area contributed by atoms with Crippen molar-refractivity contribution in [3.63, 3.8) is 0 Å². The first-order chi connectivity index (χ1) is 19.6. The number of aromatic nitrogens is 2.